The summed E-state index contributed by atoms with van der Waals surface area (Å²) in [7, 11) is 0. The van der Waals surface area contributed by atoms with Crippen LogP contribution in [0.4, 0.5) is 0 Å². The maximum atomic E-state index is 12.3. The van der Waals surface area contributed by atoms with E-state index in [-0.39, 0.29) is 17.9 Å². The lowest BCUT2D eigenvalue weighted by Gasteiger charge is -2.31. The predicted octanol–water partition coefficient (Wildman–Crippen LogP) is 1.99. The predicted molar refractivity (Wildman–Crippen MR) is 75.6 cm³/mol. The van der Waals surface area contributed by atoms with Gasteiger partial charge in [0.05, 0.1) is 17.7 Å². The number of aromatic nitrogens is 1. The molecule has 1 unspecified atom stereocenters. The van der Waals surface area contributed by atoms with Gasteiger partial charge in [-0.1, -0.05) is 13.0 Å². The zero-order valence-electron chi connectivity index (χ0n) is 11.8. The van der Waals surface area contributed by atoms with Crippen LogP contribution < -0.4 is 5.32 Å². The van der Waals surface area contributed by atoms with Gasteiger partial charge >= 0.3 is 0 Å². The minimum absolute atomic E-state index is 0.0225. The molecule has 4 nitrogen and oxygen atoms in total. The second-order valence-electron chi connectivity index (χ2n) is 5.22. The third-order valence-corrected chi connectivity index (χ3v) is 3.81. The first-order chi connectivity index (χ1) is 9.20. The Morgan fingerprint density at radius 3 is 3.11 bits per heavy atom. The standard InChI is InChI=1S/C15H23N3O/c1-3-18-10-6-7-13(11-18)15(19)17-12(2)14-8-4-5-9-16-14/h4-5,8-9,12-13H,3,6-7,10-11H2,1-2H3,(H,17,19)/t12-,13?/m1/s1. The van der Waals surface area contributed by atoms with Crippen LogP contribution in [0, 0.1) is 5.92 Å². The van der Waals surface area contributed by atoms with E-state index >= 15 is 0 Å². The Balaban J connectivity index is 1.90. The molecule has 0 saturated carbocycles. The number of pyridine rings is 1. The molecular weight excluding hydrogens is 238 g/mol. The van der Waals surface area contributed by atoms with Gasteiger partial charge in [0, 0.05) is 12.7 Å². The number of likely N-dealkylation sites (tertiary alicyclic amines) is 1. The molecule has 1 aliphatic heterocycles. The SMILES string of the molecule is CCN1CCCC(C(=O)N[C@H](C)c2ccccn2)C1. The van der Waals surface area contributed by atoms with Gasteiger partial charge < -0.3 is 10.2 Å². The molecule has 2 atom stereocenters. The van der Waals surface area contributed by atoms with Crippen LogP contribution in [0.15, 0.2) is 24.4 Å². The van der Waals surface area contributed by atoms with Crippen molar-refractivity contribution in [2.24, 2.45) is 5.92 Å². The van der Waals surface area contributed by atoms with E-state index in [1.165, 1.54) is 0 Å². The van der Waals surface area contributed by atoms with Gasteiger partial charge in [-0.05, 0) is 45.0 Å². The molecule has 2 rings (SSSR count). The van der Waals surface area contributed by atoms with Gasteiger partial charge in [-0.3, -0.25) is 9.78 Å². The molecule has 0 bridgehead atoms. The van der Waals surface area contributed by atoms with E-state index in [1.54, 1.807) is 6.20 Å². The highest BCUT2D eigenvalue weighted by molar-refractivity contribution is 5.79. The Kier molecular flexibility index (Phi) is 4.91. The first kappa shape index (κ1) is 14.0. The fourth-order valence-electron chi connectivity index (χ4n) is 2.59. The van der Waals surface area contributed by atoms with Gasteiger partial charge in [-0.25, -0.2) is 0 Å². The minimum atomic E-state index is -0.0225. The van der Waals surface area contributed by atoms with Crippen LogP contribution in [0.3, 0.4) is 0 Å². The summed E-state index contributed by atoms with van der Waals surface area (Å²) in [5, 5.41) is 3.08. The van der Waals surface area contributed by atoms with Gasteiger partial charge in [0.15, 0.2) is 0 Å². The number of rotatable bonds is 4. The summed E-state index contributed by atoms with van der Waals surface area (Å²) in [5.41, 5.74) is 0.916. The molecule has 0 aromatic carbocycles. The van der Waals surface area contributed by atoms with Crippen molar-refractivity contribution in [3.05, 3.63) is 30.1 Å². The molecule has 1 N–H and O–H groups in total. The summed E-state index contributed by atoms with van der Waals surface area (Å²) in [6, 6.07) is 5.76. The van der Waals surface area contributed by atoms with E-state index in [9.17, 15) is 4.79 Å². The van der Waals surface area contributed by atoms with Crippen molar-refractivity contribution in [1.82, 2.24) is 15.2 Å². The molecule has 2 heterocycles. The van der Waals surface area contributed by atoms with Crippen molar-refractivity contribution in [2.45, 2.75) is 32.7 Å². The molecule has 1 saturated heterocycles. The molecule has 1 fully saturated rings. The zero-order valence-corrected chi connectivity index (χ0v) is 11.8. The molecule has 0 radical (unpaired) electrons. The van der Waals surface area contributed by atoms with Crippen molar-refractivity contribution < 1.29 is 4.79 Å². The van der Waals surface area contributed by atoms with Crippen molar-refractivity contribution in [2.75, 3.05) is 19.6 Å². The fraction of sp³-hybridized carbons (Fsp3) is 0.600. The van der Waals surface area contributed by atoms with E-state index in [0.717, 1.165) is 38.2 Å². The highest BCUT2D eigenvalue weighted by Gasteiger charge is 2.26. The van der Waals surface area contributed by atoms with Crippen LogP contribution in [-0.2, 0) is 4.79 Å². The third-order valence-electron chi connectivity index (χ3n) is 3.81. The molecule has 0 aliphatic carbocycles. The van der Waals surface area contributed by atoms with Crippen LogP contribution in [0.5, 0.6) is 0 Å². The third kappa shape index (κ3) is 3.77. The fourth-order valence-corrected chi connectivity index (χ4v) is 2.59. The smallest absolute Gasteiger partial charge is 0.224 e. The molecular formula is C15H23N3O. The minimum Gasteiger partial charge on any atom is -0.348 e. The summed E-state index contributed by atoms with van der Waals surface area (Å²) >= 11 is 0. The first-order valence-electron chi connectivity index (χ1n) is 7.14. The second kappa shape index (κ2) is 6.66. The number of amides is 1. The highest BCUT2D eigenvalue weighted by atomic mass is 16.2. The van der Waals surface area contributed by atoms with Crippen LogP contribution >= 0.6 is 0 Å². The summed E-state index contributed by atoms with van der Waals surface area (Å²) in [4.78, 5) is 18.9. The number of carbonyl (C=O) groups is 1. The Morgan fingerprint density at radius 2 is 2.42 bits per heavy atom. The van der Waals surface area contributed by atoms with Crippen LogP contribution in [0.25, 0.3) is 0 Å². The van der Waals surface area contributed by atoms with Gasteiger partial charge in [-0.15, -0.1) is 0 Å². The number of hydrogen-bond donors (Lipinski definition) is 1. The number of piperidine rings is 1. The number of nitrogens with one attached hydrogen (secondary N) is 1. The van der Waals surface area contributed by atoms with Crippen molar-refractivity contribution in [1.29, 1.82) is 0 Å². The molecule has 19 heavy (non-hydrogen) atoms. The van der Waals surface area contributed by atoms with Crippen LogP contribution in [-0.4, -0.2) is 35.4 Å². The van der Waals surface area contributed by atoms with Crippen molar-refractivity contribution in [3.63, 3.8) is 0 Å². The largest absolute Gasteiger partial charge is 0.348 e. The Labute approximate surface area is 115 Å². The highest BCUT2D eigenvalue weighted by Crippen LogP contribution is 2.18. The maximum absolute atomic E-state index is 12.3. The Hall–Kier alpha value is -1.42. The molecule has 1 amide bonds. The van der Waals surface area contributed by atoms with E-state index in [4.69, 9.17) is 0 Å². The van der Waals surface area contributed by atoms with E-state index < -0.39 is 0 Å². The molecule has 1 aliphatic rings. The zero-order chi connectivity index (χ0) is 13.7. The Bertz CT molecular complexity index is 407. The summed E-state index contributed by atoms with van der Waals surface area (Å²) < 4.78 is 0. The summed E-state index contributed by atoms with van der Waals surface area (Å²) in [5.74, 6) is 0.288. The van der Waals surface area contributed by atoms with E-state index in [1.807, 2.05) is 25.1 Å². The van der Waals surface area contributed by atoms with Crippen LogP contribution in [0.1, 0.15) is 38.4 Å². The van der Waals surface area contributed by atoms with E-state index in [0.29, 0.717) is 0 Å². The number of nitrogens with zero attached hydrogens (tertiary/aromatic N) is 2. The lowest BCUT2D eigenvalue weighted by Crippen LogP contribution is -2.43. The average molecular weight is 261 g/mol. The normalized spacial score (nSPS) is 21.9. The van der Waals surface area contributed by atoms with Gasteiger partial charge in [-0.2, -0.15) is 0 Å². The number of carbonyl (C=O) groups excluding carboxylic acids is 1. The Morgan fingerprint density at radius 1 is 1.58 bits per heavy atom. The lowest BCUT2D eigenvalue weighted by molar-refractivity contribution is -0.127. The first-order valence-corrected chi connectivity index (χ1v) is 7.14. The molecule has 104 valence electrons. The van der Waals surface area contributed by atoms with Crippen molar-refractivity contribution >= 4 is 5.91 Å². The van der Waals surface area contributed by atoms with Gasteiger partial charge in [0.25, 0.3) is 0 Å². The monoisotopic (exact) mass is 261 g/mol. The second-order valence-corrected chi connectivity index (χ2v) is 5.22. The topological polar surface area (TPSA) is 45.2 Å². The molecule has 0 spiro atoms. The lowest BCUT2D eigenvalue weighted by atomic mass is 9.96. The average Bonchev–Trinajstić information content (AvgIpc) is 2.48. The quantitative estimate of drug-likeness (QED) is 0.901. The number of hydrogen-bond acceptors (Lipinski definition) is 3. The molecule has 4 heteroatoms. The molecule has 1 aromatic heterocycles. The van der Waals surface area contributed by atoms with Crippen molar-refractivity contribution in [3.8, 4) is 0 Å². The maximum Gasteiger partial charge on any atom is 0.224 e. The summed E-state index contributed by atoms with van der Waals surface area (Å²) in [6.07, 6.45) is 3.87. The van der Waals surface area contributed by atoms with Crippen LogP contribution in [0.2, 0.25) is 0 Å². The van der Waals surface area contributed by atoms with Gasteiger partial charge in [0.2, 0.25) is 5.91 Å². The van der Waals surface area contributed by atoms with Gasteiger partial charge in [0.1, 0.15) is 0 Å². The van der Waals surface area contributed by atoms with E-state index in [2.05, 4.69) is 22.1 Å². The molecule has 1 aromatic rings. The summed E-state index contributed by atoms with van der Waals surface area (Å²) in [6.45, 7) is 7.17.